The molecule has 0 unspecified atom stereocenters. The van der Waals surface area contributed by atoms with Gasteiger partial charge in [0.15, 0.2) is 0 Å². The lowest BCUT2D eigenvalue weighted by Gasteiger charge is -2.11. The summed E-state index contributed by atoms with van der Waals surface area (Å²) < 4.78 is 36.4. The van der Waals surface area contributed by atoms with Gasteiger partial charge in [-0.2, -0.15) is 8.62 Å². The van der Waals surface area contributed by atoms with E-state index in [-0.39, 0.29) is 0 Å². The van der Waals surface area contributed by atoms with Crippen LogP contribution in [0.3, 0.4) is 0 Å². The minimum absolute atomic E-state index is 2.17. The van der Waals surface area contributed by atoms with E-state index in [4.69, 9.17) is 84.8 Å². The van der Waals surface area contributed by atoms with Crippen LogP contribution in [0, 0.1) is 0 Å². The summed E-state index contributed by atoms with van der Waals surface area (Å²) in [5.41, 5.74) is 0. The molecule has 22 nitrogen and oxygen atoms in total. The highest BCUT2D eigenvalue weighted by Crippen LogP contribution is 2.64. The second-order valence-electron chi connectivity index (χ2n) is 3.00. The molecule has 0 saturated carbocycles. The summed E-state index contributed by atoms with van der Waals surface area (Å²) in [7, 11) is -24.8. The van der Waals surface area contributed by atoms with Crippen molar-refractivity contribution in [1.82, 2.24) is 0 Å². The van der Waals surface area contributed by atoms with Crippen molar-refractivity contribution < 1.29 is 107 Å². The van der Waals surface area contributed by atoms with Gasteiger partial charge in [0, 0.05) is 0 Å². The molecular weight excluding hydrogens is 488 g/mol. The predicted octanol–water partition coefficient (Wildman–Crippen LogP) is -8.90. The zero-order valence-electron chi connectivity index (χ0n) is 13.3. The van der Waals surface area contributed by atoms with Crippen molar-refractivity contribution >= 4 is 52.8 Å². The van der Waals surface area contributed by atoms with E-state index in [9.17, 15) is 13.7 Å². The molecule has 0 fully saturated rings. The Morgan fingerprint density at radius 1 is 0.414 bits per heavy atom. The highest BCUT2D eigenvalue weighted by molar-refractivity contribution is 7.66. The molecule has 0 aromatic heterocycles. The van der Waals surface area contributed by atoms with Crippen LogP contribution in [0.25, 0.3) is 0 Å². The van der Waals surface area contributed by atoms with Crippen molar-refractivity contribution in [3.8, 4) is 0 Å². The van der Waals surface area contributed by atoms with E-state index >= 15 is 0 Å². The van der Waals surface area contributed by atoms with Gasteiger partial charge in [-0.1, -0.05) is 0 Å². The quantitative estimate of drug-likeness (QED) is 0.124. The molecule has 0 bridgehead atoms. The average molecular weight is 505 g/mol. The van der Waals surface area contributed by atoms with E-state index in [0.717, 1.165) is 0 Å². The molecule has 17 N–H and O–H groups in total. The van der Waals surface area contributed by atoms with Gasteiger partial charge in [0.2, 0.25) is 0 Å². The number of hydrogen-bond donors (Lipinski definition) is 17. The van der Waals surface area contributed by atoms with Crippen molar-refractivity contribution in [2.45, 2.75) is 0 Å². The summed E-state index contributed by atoms with van der Waals surface area (Å²) in [5, 5.41) is 86.0. The molecule has 0 amide bonds. The molecule has 0 spiro atoms. The van der Waals surface area contributed by atoms with Gasteiger partial charge < -0.3 is 84.8 Å². The summed E-state index contributed by atoms with van der Waals surface area (Å²) >= 11 is 0. The van der Waals surface area contributed by atoms with Gasteiger partial charge in [0.25, 0.3) is 0 Å². The van der Waals surface area contributed by atoms with E-state index in [1.807, 2.05) is 0 Å². The maximum atomic E-state index is 10.4. The summed E-state index contributed by atoms with van der Waals surface area (Å²) in [4.78, 5) is 40.2. The molecule has 0 saturated heterocycles. The maximum Gasteiger partial charge on any atom is 0.631 e. The third kappa shape index (κ3) is 130. The second-order valence-corrected chi connectivity index (χ2v) is 7.20. The van der Waals surface area contributed by atoms with Crippen molar-refractivity contribution in [3.05, 3.63) is 0 Å². The highest BCUT2D eigenvalue weighted by atomic mass is 31.3. The SMILES string of the molecule is O=P(O)(O)OP(=O)(O)OP(=O)(O)O.OB(O)O.OB(O)O.OB(O)O.OB(O)O. The van der Waals surface area contributed by atoms with Crippen molar-refractivity contribution in [2.24, 2.45) is 0 Å². The van der Waals surface area contributed by atoms with Crippen LogP contribution in [0.1, 0.15) is 0 Å². The number of rotatable bonds is 4. The first-order chi connectivity index (χ1) is 12.3. The molecule has 0 atom stereocenters. The fraction of sp³-hybridized carbons (Fsp3) is 0. The van der Waals surface area contributed by atoms with Gasteiger partial charge >= 0.3 is 52.8 Å². The Labute approximate surface area is 160 Å². The normalized spacial score (nSPS) is 10.2. The van der Waals surface area contributed by atoms with Gasteiger partial charge in [0.05, 0.1) is 0 Å². The Kier molecular flexibility index (Phi) is 27.5. The first-order valence-corrected chi connectivity index (χ1v) is 9.93. The molecule has 0 aliphatic carbocycles. The molecule has 29 heteroatoms. The van der Waals surface area contributed by atoms with Gasteiger partial charge in [-0.05, 0) is 0 Å². The molecule has 176 valence electrons. The van der Waals surface area contributed by atoms with Crippen LogP contribution in [-0.2, 0) is 22.3 Å². The fourth-order valence-corrected chi connectivity index (χ4v) is 2.82. The summed E-state index contributed by atoms with van der Waals surface area (Å²) in [6, 6.07) is 0. The summed E-state index contributed by atoms with van der Waals surface area (Å²) in [5.74, 6) is 0. The summed E-state index contributed by atoms with van der Waals surface area (Å²) in [6.07, 6.45) is 0. The van der Waals surface area contributed by atoms with E-state index in [0.29, 0.717) is 0 Å². The second kappa shape index (κ2) is 20.1. The van der Waals surface area contributed by atoms with E-state index in [1.165, 1.54) is 0 Å². The van der Waals surface area contributed by atoms with Crippen LogP contribution in [0.2, 0.25) is 0 Å². The average Bonchev–Trinajstić information content (AvgIpc) is 2.15. The van der Waals surface area contributed by atoms with Crippen molar-refractivity contribution in [1.29, 1.82) is 0 Å². The first-order valence-electron chi connectivity index (χ1n) is 5.38. The van der Waals surface area contributed by atoms with E-state index in [2.05, 4.69) is 8.62 Å². The molecular formula is H17B4O22P3. The Bertz CT molecular complexity index is 409. The minimum atomic E-state index is -5.46. The topological polar surface area (TPSA) is 414 Å². The van der Waals surface area contributed by atoms with Gasteiger partial charge in [-0.25, -0.2) is 13.7 Å². The van der Waals surface area contributed by atoms with Gasteiger partial charge in [-0.15, -0.1) is 0 Å². The molecule has 0 aliphatic heterocycles. The molecule has 0 aromatic rings. The zero-order chi connectivity index (χ0) is 25.2. The summed E-state index contributed by atoms with van der Waals surface area (Å²) in [6.45, 7) is 0. The molecule has 29 heavy (non-hydrogen) atoms. The van der Waals surface area contributed by atoms with Crippen LogP contribution >= 0.6 is 23.5 Å². The third-order valence-electron chi connectivity index (χ3n) is 0.419. The number of hydrogen-bond acceptors (Lipinski definition) is 17. The largest absolute Gasteiger partial charge is 0.631 e. The molecule has 0 rings (SSSR count). The lowest BCUT2D eigenvalue weighted by molar-refractivity contribution is 0.204. The van der Waals surface area contributed by atoms with Crippen LogP contribution in [0.4, 0.5) is 0 Å². The van der Waals surface area contributed by atoms with Crippen LogP contribution in [0.5, 0.6) is 0 Å². The zero-order valence-corrected chi connectivity index (χ0v) is 16.0. The molecule has 0 aromatic carbocycles. The van der Waals surface area contributed by atoms with Crippen LogP contribution in [-0.4, -0.2) is 114 Å². The molecule has 0 heterocycles. The highest BCUT2D eigenvalue weighted by Gasteiger charge is 2.38. The monoisotopic (exact) mass is 506 g/mol. The minimum Gasteiger partial charge on any atom is -0.402 e. The Morgan fingerprint density at radius 3 is 0.586 bits per heavy atom. The molecule has 0 aliphatic rings. The fourth-order valence-electron chi connectivity index (χ4n) is 0.284. The van der Waals surface area contributed by atoms with E-state index < -0.39 is 52.8 Å². The van der Waals surface area contributed by atoms with E-state index in [1.54, 1.807) is 0 Å². The van der Waals surface area contributed by atoms with Crippen LogP contribution in [0.15, 0.2) is 0 Å². The Hall–Kier alpha value is 0.190. The third-order valence-corrected chi connectivity index (χ3v) is 3.77. The lowest BCUT2D eigenvalue weighted by Crippen LogP contribution is -2.07. The van der Waals surface area contributed by atoms with Gasteiger partial charge in [-0.3, -0.25) is 0 Å². The Balaban J connectivity index is -0.0000000984. The first kappa shape index (κ1) is 39.6. The molecule has 0 radical (unpaired) electrons. The Morgan fingerprint density at radius 2 is 0.517 bits per heavy atom. The van der Waals surface area contributed by atoms with Crippen molar-refractivity contribution in [3.63, 3.8) is 0 Å². The van der Waals surface area contributed by atoms with Crippen LogP contribution < -0.4 is 0 Å². The lowest BCUT2D eigenvalue weighted by atomic mass is 10.3. The number of phosphoric acid groups is 3. The maximum absolute atomic E-state index is 10.4. The smallest absolute Gasteiger partial charge is 0.402 e. The standard InChI is InChI=1S/4BH3O3.H5O10P3/c4*2-1(3)4;1-11(2,3)9-13(7,8)10-12(4,5)6/h4*2-4H;(H,7,8)(H2,1,2,3)(H2,4,5,6). The van der Waals surface area contributed by atoms with Gasteiger partial charge in [0.1, 0.15) is 0 Å². The predicted molar refractivity (Wildman–Crippen MR) is 85.7 cm³/mol. The van der Waals surface area contributed by atoms with Crippen molar-refractivity contribution in [2.75, 3.05) is 0 Å².